The van der Waals surface area contributed by atoms with Gasteiger partial charge in [0.25, 0.3) is 0 Å². The molecule has 1 saturated heterocycles. The summed E-state index contributed by atoms with van der Waals surface area (Å²) < 4.78 is 36.4. The van der Waals surface area contributed by atoms with Crippen molar-refractivity contribution in [3.63, 3.8) is 0 Å². The number of sulfone groups is 1. The van der Waals surface area contributed by atoms with E-state index in [2.05, 4.69) is 0 Å². The van der Waals surface area contributed by atoms with Gasteiger partial charge in [0.2, 0.25) is 0 Å². The van der Waals surface area contributed by atoms with Crippen LogP contribution in [-0.4, -0.2) is 19.9 Å². The molecule has 2 unspecified atom stereocenters. The number of halogens is 1. The molecule has 1 aromatic rings. The summed E-state index contributed by atoms with van der Waals surface area (Å²) in [7, 11) is -2.93. The SMILES string of the molecule is Cc1cc(C(N)C2CCS(=O)(=O)C2)cc(C)c1F. The van der Waals surface area contributed by atoms with Crippen LogP contribution >= 0.6 is 0 Å². The average Bonchev–Trinajstić information content (AvgIpc) is 2.65. The third-order valence-corrected chi connectivity index (χ3v) is 5.41. The van der Waals surface area contributed by atoms with Crippen molar-refractivity contribution < 1.29 is 12.8 Å². The Kier molecular flexibility index (Phi) is 3.47. The summed E-state index contributed by atoms with van der Waals surface area (Å²) in [6.07, 6.45) is 0.596. The lowest BCUT2D eigenvalue weighted by molar-refractivity contribution is 0.478. The summed E-state index contributed by atoms with van der Waals surface area (Å²) >= 11 is 0. The van der Waals surface area contributed by atoms with Crippen LogP contribution in [0, 0.1) is 25.6 Å². The van der Waals surface area contributed by atoms with Gasteiger partial charge in [0, 0.05) is 6.04 Å². The number of benzene rings is 1. The molecule has 1 fully saturated rings. The Morgan fingerprint density at radius 3 is 2.33 bits per heavy atom. The van der Waals surface area contributed by atoms with Gasteiger partial charge in [0.1, 0.15) is 5.82 Å². The monoisotopic (exact) mass is 271 g/mol. The van der Waals surface area contributed by atoms with Crippen molar-refractivity contribution in [2.45, 2.75) is 26.3 Å². The number of hydrogen-bond donors (Lipinski definition) is 1. The van der Waals surface area contributed by atoms with Gasteiger partial charge in [-0.3, -0.25) is 0 Å². The van der Waals surface area contributed by atoms with Crippen LogP contribution in [-0.2, 0) is 9.84 Å². The van der Waals surface area contributed by atoms with Crippen LogP contribution in [0.2, 0.25) is 0 Å². The zero-order chi connectivity index (χ0) is 13.5. The van der Waals surface area contributed by atoms with Gasteiger partial charge in [-0.2, -0.15) is 0 Å². The first-order valence-electron chi connectivity index (χ1n) is 6.03. The van der Waals surface area contributed by atoms with Gasteiger partial charge in [0.05, 0.1) is 11.5 Å². The first kappa shape index (κ1) is 13.5. The van der Waals surface area contributed by atoms with Crippen LogP contribution in [0.25, 0.3) is 0 Å². The molecule has 0 bridgehead atoms. The Hall–Kier alpha value is -0.940. The Balaban J connectivity index is 2.27. The summed E-state index contributed by atoms with van der Waals surface area (Å²) in [6.45, 7) is 3.40. The number of aryl methyl sites for hydroxylation is 2. The van der Waals surface area contributed by atoms with Gasteiger partial charge in [-0.05, 0) is 42.9 Å². The lowest BCUT2D eigenvalue weighted by atomic mass is 9.91. The predicted molar refractivity (Wildman–Crippen MR) is 69.6 cm³/mol. The number of hydrogen-bond acceptors (Lipinski definition) is 3. The lowest BCUT2D eigenvalue weighted by Crippen LogP contribution is -2.22. The molecule has 2 atom stereocenters. The molecule has 0 aromatic heterocycles. The molecule has 0 amide bonds. The van der Waals surface area contributed by atoms with Crippen molar-refractivity contribution in [3.05, 3.63) is 34.6 Å². The second kappa shape index (κ2) is 4.63. The van der Waals surface area contributed by atoms with E-state index in [0.717, 1.165) is 5.56 Å². The van der Waals surface area contributed by atoms with E-state index in [9.17, 15) is 12.8 Å². The van der Waals surface area contributed by atoms with E-state index in [1.807, 2.05) is 0 Å². The molecule has 100 valence electrons. The van der Waals surface area contributed by atoms with Crippen molar-refractivity contribution in [1.29, 1.82) is 0 Å². The molecule has 1 aliphatic heterocycles. The fraction of sp³-hybridized carbons (Fsp3) is 0.538. The van der Waals surface area contributed by atoms with Gasteiger partial charge in [-0.15, -0.1) is 0 Å². The van der Waals surface area contributed by atoms with Crippen molar-refractivity contribution in [1.82, 2.24) is 0 Å². The fourth-order valence-corrected chi connectivity index (χ4v) is 4.41. The lowest BCUT2D eigenvalue weighted by Gasteiger charge is -2.19. The molecule has 0 aliphatic carbocycles. The molecule has 1 heterocycles. The van der Waals surface area contributed by atoms with E-state index in [-0.39, 0.29) is 29.3 Å². The standard InChI is InChI=1S/C13H18FNO2S/c1-8-5-11(6-9(2)12(8)14)13(15)10-3-4-18(16,17)7-10/h5-6,10,13H,3-4,7,15H2,1-2H3. The Morgan fingerprint density at radius 2 is 1.89 bits per heavy atom. The summed E-state index contributed by atoms with van der Waals surface area (Å²) in [5.74, 6) is 0.0815. The zero-order valence-electron chi connectivity index (χ0n) is 10.6. The topological polar surface area (TPSA) is 60.2 Å². The molecule has 0 saturated carbocycles. The van der Waals surface area contributed by atoms with E-state index in [4.69, 9.17) is 5.73 Å². The normalized spacial score (nSPS) is 24.1. The minimum absolute atomic E-state index is 0.0562. The van der Waals surface area contributed by atoms with E-state index >= 15 is 0 Å². The molecule has 1 aliphatic rings. The van der Waals surface area contributed by atoms with E-state index in [0.29, 0.717) is 17.5 Å². The molecular formula is C13H18FNO2S. The Bertz CT molecular complexity index is 545. The van der Waals surface area contributed by atoms with Crippen molar-refractivity contribution >= 4 is 9.84 Å². The molecule has 0 spiro atoms. The first-order valence-corrected chi connectivity index (χ1v) is 7.85. The summed E-state index contributed by atoms with van der Waals surface area (Å²) in [5.41, 5.74) is 8.06. The second-order valence-electron chi connectivity index (χ2n) is 5.16. The van der Waals surface area contributed by atoms with Crippen LogP contribution in [0.5, 0.6) is 0 Å². The van der Waals surface area contributed by atoms with Crippen LogP contribution < -0.4 is 5.73 Å². The average molecular weight is 271 g/mol. The Morgan fingerprint density at radius 1 is 1.33 bits per heavy atom. The van der Waals surface area contributed by atoms with Crippen LogP contribution in [0.4, 0.5) is 4.39 Å². The molecule has 1 aromatic carbocycles. The molecule has 18 heavy (non-hydrogen) atoms. The molecule has 2 rings (SSSR count). The van der Waals surface area contributed by atoms with Gasteiger partial charge < -0.3 is 5.73 Å². The molecular weight excluding hydrogens is 253 g/mol. The van der Waals surface area contributed by atoms with Crippen molar-refractivity contribution in [2.24, 2.45) is 11.7 Å². The predicted octanol–water partition coefficient (Wildman–Crippen LogP) is 1.88. The quantitative estimate of drug-likeness (QED) is 0.893. The van der Waals surface area contributed by atoms with Gasteiger partial charge in [-0.1, -0.05) is 12.1 Å². The minimum Gasteiger partial charge on any atom is -0.324 e. The summed E-state index contributed by atoms with van der Waals surface area (Å²) in [6, 6.07) is 3.11. The highest BCUT2D eigenvalue weighted by Crippen LogP contribution is 2.31. The maximum Gasteiger partial charge on any atom is 0.150 e. The van der Waals surface area contributed by atoms with Gasteiger partial charge in [-0.25, -0.2) is 12.8 Å². The number of nitrogens with two attached hydrogens (primary N) is 1. The second-order valence-corrected chi connectivity index (χ2v) is 7.39. The van der Waals surface area contributed by atoms with Gasteiger partial charge in [0.15, 0.2) is 9.84 Å². The van der Waals surface area contributed by atoms with Crippen LogP contribution in [0.3, 0.4) is 0 Å². The third-order valence-electron chi connectivity index (χ3n) is 3.62. The van der Waals surface area contributed by atoms with E-state index < -0.39 is 9.84 Å². The highest BCUT2D eigenvalue weighted by molar-refractivity contribution is 7.91. The smallest absolute Gasteiger partial charge is 0.150 e. The van der Waals surface area contributed by atoms with E-state index in [1.54, 1.807) is 26.0 Å². The van der Waals surface area contributed by atoms with Crippen molar-refractivity contribution in [2.75, 3.05) is 11.5 Å². The molecule has 3 nitrogen and oxygen atoms in total. The zero-order valence-corrected chi connectivity index (χ0v) is 11.4. The maximum atomic E-state index is 13.5. The van der Waals surface area contributed by atoms with Crippen LogP contribution in [0.1, 0.15) is 29.2 Å². The summed E-state index contributed by atoms with van der Waals surface area (Å²) in [4.78, 5) is 0. The highest BCUT2D eigenvalue weighted by atomic mass is 32.2. The third kappa shape index (κ3) is 2.57. The molecule has 5 heteroatoms. The largest absolute Gasteiger partial charge is 0.324 e. The summed E-state index contributed by atoms with van der Waals surface area (Å²) in [5, 5.41) is 0. The first-order chi connectivity index (χ1) is 8.30. The number of rotatable bonds is 2. The maximum absolute atomic E-state index is 13.5. The molecule has 2 N–H and O–H groups in total. The van der Waals surface area contributed by atoms with E-state index in [1.165, 1.54) is 0 Å². The Labute approximate surface area is 107 Å². The van der Waals surface area contributed by atoms with Crippen molar-refractivity contribution in [3.8, 4) is 0 Å². The van der Waals surface area contributed by atoms with Crippen LogP contribution in [0.15, 0.2) is 12.1 Å². The minimum atomic E-state index is -2.93. The molecule has 0 radical (unpaired) electrons. The van der Waals surface area contributed by atoms with Gasteiger partial charge >= 0.3 is 0 Å². The highest BCUT2D eigenvalue weighted by Gasteiger charge is 2.32. The fourth-order valence-electron chi connectivity index (χ4n) is 2.55.